The smallest absolute Gasteiger partial charge is 0.123 e. The van der Waals surface area contributed by atoms with Crippen molar-refractivity contribution in [2.24, 2.45) is 0 Å². The van der Waals surface area contributed by atoms with Crippen molar-refractivity contribution in [3.05, 3.63) is 40.4 Å². The lowest BCUT2D eigenvalue weighted by molar-refractivity contribution is 0.0746. The molecule has 0 amide bonds. The summed E-state index contributed by atoms with van der Waals surface area (Å²) in [6.45, 7) is 3.46. The minimum absolute atomic E-state index is 0.697. The van der Waals surface area contributed by atoms with Crippen LogP contribution in [0.3, 0.4) is 0 Å². The van der Waals surface area contributed by atoms with Crippen molar-refractivity contribution in [1.29, 1.82) is 0 Å². The van der Waals surface area contributed by atoms with Gasteiger partial charge in [-0.05, 0) is 26.0 Å². The number of thiazole rings is 1. The summed E-state index contributed by atoms with van der Waals surface area (Å²) in [4.78, 5) is 4.41. The van der Waals surface area contributed by atoms with Gasteiger partial charge in [-0.1, -0.05) is 23.7 Å². The Morgan fingerprint density at radius 1 is 1.25 bits per heavy atom. The molecule has 0 bridgehead atoms. The van der Waals surface area contributed by atoms with Gasteiger partial charge in [0, 0.05) is 16.0 Å². The van der Waals surface area contributed by atoms with E-state index in [4.69, 9.17) is 11.6 Å². The summed E-state index contributed by atoms with van der Waals surface area (Å²) in [5, 5.41) is 13.3. The number of halogens is 1. The third-order valence-corrected chi connectivity index (χ3v) is 3.37. The van der Waals surface area contributed by atoms with Crippen LogP contribution in [-0.4, -0.2) is 10.1 Å². The summed E-state index contributed by atoms with van der Waals surface area (Å²) in [5.41, 5.74) is 0.827. The minimum Gasteiger partial charge on any atom is -0.384 e. The van der Waals surface area contributed by atoms with Crippen LogP contribution in [0.4, 0.5) is 0 Å². The van der Waals surface area contributed by atoms with Crippen molar-refractivity contribution in [3.8, 4) is 10.6 Å². The quantitative estimate of drug-likeness (QED) is 0.886. The fraction of sp³-hybridized carbons (Fsp3) is 0.250. The maximum atomic E-state index is 9.82. The van der Waals surface area contributed by atoms with Crippen LogP contribution in [-0.2, 0) is 5.60 Å². The molecule has 2 nitrogen and oxygen atoms in total. The van der Waals surface area contributed by atoms with E-state index in [0.29, 0.717) is 10.7 Å². The largest absolute Gasteiger partial charge is 0.384 e. The average Bonchev–Trinajstić information content (AvgIpc) is 2.67. The fourth-order valence-electron chi connectivity index (χ4n) is 1.28. The van der Waals surface area contributed by atoms with Crippen LogP contribution in [0.15, 0.2) is 29.6 Å². The Labute approximate surface area is 104 Å². The number of hydrogen-bond acceptors (Lipinski definition) is 3. The Morgan fingerprint density at radius 3 is 2.38 bits per heavy atom. The van der Waals surface area contributed by atoms with E-state index in [-0.39, 0.29) is 0 Å². The van der Waals surface area contributed by atoms with Crippen LogP contribution in [0, 0.1) is 0 Å². The molecule has 1 aromatic heterocycles. The van der Waals surface area contributed by atoms with Crippen molar-refractivity contribution in [3.63, 3.8) is 0 Å². The van der Waals surface area contributed by atoms with E-state index in [0.717, 1.165) is 10.6 Å². The van der Waals surface area contributed by atoms with Crippen LogP contribution < -0.4 is 0 Å². The Kier molecular flexibility index (Phi) is 3.02. The summed E-state index contributed by atoms with van der Waals surface area (Å²) in [6, 6.07) is 7.52. The van der Waals surface area contributed by atoms with Crippen LogP contribution in [0.5, 0.6) is 0 Å². The van der Waals surface area contributed by atoms with Gasteiger partial charge in [0.15, 0.2) is 0 Å². The molecule has 0 saturated carbocycles. The SMILES string of the molecule is CC(C)(O)c1csc(-c2ccc(Cl)cc2)n1. The molecule has 2 aromatic rings. The zero-order valence-electron chi connectivity index (χ0n) is 9.07. The molecule has 1 aromatic carbocycles. The molecular formula is C12H12ClNOS. The summed E-state index contributed by atoms with van der Waals surface area (Å²) < 4.78 is 0. The maximum Gasteiger partial charge on any atom is 0.123 e. The van der Waals surface area contributed by atoms with Crippen LogP contribution >= 0.6 is 22.9 Å². The molecule has 1 heterocycles. The lowest BCUT2D eigenvalue weighted by atomic mass is 10.1. The molecule has 0 aliphatic carbocycles. The number of rotatable bonds is 2. The van der Waals surface area contributed by atoms with Crippen molar-refractivity contribution in [1.82, 2.24) is 4.98 Å². The molecule has 0 spiro atoms. The summed E-state index contributed by atoms with van der Waals surface area (Å²) in [6.07, 6.45) is 0. The molecule has 2 rings (SSSR count). The van der Waals surface area contributed by atoms with E-state index < -0.39 is 5.60 Å². The molecule has 0 radical (unpaired) electrons. The van der Waals surface area contributed by atoms with Crippen molar-refractivity contribution < 1.29 is 5.11 Å². The predicted molar refractivity (Wildman–Crippen MR) is 67.8 cm³/mol. The van der Waals surface area contributed by atoms with E-state index in [1.807, 2.05) is 29.6 Å². The van der Waals surface area contributed by atoms with E-state index in [9.17, 15) is 5.11 Å². The van der Waals surface area contributed by atoms with Crippen LogP contribution in [0.1, 0.15) is 19.5 Å². The Balaban J connectivity index is 2.35. The van der Waals surface area contributed by atoms with Crippen molar-refractivity contribution in [2.45, 2.75) is 19.4 Å². The van der Waals surface area contributed by atoms with Gasteiger partial charge in [0.1, 0.15) is 10.6 Å². The van der Waals surface area contributed by atoms with Crippen LogP contribution in [0.2, 0.25) is 5.02 Å². The summed E-state index contributed by atoms with van der Waals surface area (Å²) in [5.74, 6) is 0. The molecule has 0 aliphatic heterocycles. The minimum atomic E-state index is -0.888. The number of aliphatic hydroxyl groups is 1. The molecule has 84 valence electrons. The first kappa shape index (κ1) is 11.6. The number of nitrogens with zero attached hydrogens (tertiary/aromatic N) is 1. The molecule has 0 atom stereocenters. The first-order valence-electron chi connectivity index (χ1n) is 4.91. The lowest BCUT2D eigenvalue weighted by Gasteiger charge is -2.12. The molecule has 0 saturated heterocycles. The summed E-state index contributed by atoms with van der Waals surface area (Å²) in [7, 11) is 0. The maximum absolute atomic E-state index is 9.82. The van der Waals surface area contributed by atoms with Crippen LogP contribution in [0.25, 0.3) is 10.6 Å². The zero-order valence-corrected chi connectivity index (χ0v) is 10.6. The number of aromatic nitrogens is 1. The zero-order chi connectivity index (χ0) is 11.8. The standard InChI is InChI=1S/C12H12ClNOS/c1-12(2,15)10-7-16-11(14-10)8-3-5-9(13)6-4-8/h3-7,15H,1-2H3. The van der Waals surface area contributed by atoms with Gasteiger partial charge in [0.05, 0.1) is 5.69 Å². The first-order valence-corrected chi connectivity index (χ1v) is 6.17. The molecule has 16 heavy (non-hydrogen) atoms. The third kappa shape index (κ3) is 2.43. The topological polar surface area (TPSA) is 33.1 Å². The van der Waals surface area contributed by atoms with E-state index >= 15 is 0 Å². The number of hydrogen-bond donors (Lipinski definition) is 1. The molecule has 0 unspecified atom stereocenters. The third-order valence-electron chi connectivity index (χ3n) is 2.22. The van der Waals surface area contributed by atoms with Gasteiger partial charge in [0.25, 0.3) is 0 Å². The van der Waals surface area contributed by atoms with E-state index in [1.165, 1.54) is 11.3 Å². The lowest BCUT2D eigenvalue weighted by Crippen LogP contribution is -2.15. The number of benzene rings is 1. The van der Waals surface area contributed by atoms with Gasteiger partial charge in [-0.2, -0.15) is 0 Å². The second-order valence-electron chi connectivity index (χ2n) is 4.10. The Hall–Kier alpha value is -0.900. The second-order valence-corrected chi connectivity index (χ2v) is 5.40. The predicted octanol–water partition coefficient (Wildman–Crippen LogP) is 3.69. The molecule has 4 heteroatoms. The molecule has 0 aliphatic rings. The van der Waals surface area contributed by atoms with E-state index in [2.05, 4.69) is 4.98 Å². The van der Waals surface area contributed by atoms with E-state index in [1.54, 1.807) is 13.8 Å². The first-order chi connectivity index (χ1) is 7.47. The van der Waals surface area contributed by atoms with Gasteiger partial charge in [0.2, 0.25) is 0 Å². The monoisotopic (exact) mass is 253 g/mol. The fourth-order valence-corrected chi connectivity index (χ4v) is 2.39. The molecule has 1 N–H and O–H groups in total. The van der Waals surface area contributed by atoms with Crippen molar-refractivity contribution >= 4 is 22.9 Å². The highest BCUT2D eigenvalue weighted by Crippen LogP contribution is 2.29. The molecular weight excluding hydrogens is 242 g/mol. The average molecular weight is 254 g/mol. The highest BCUT2D eigenvalue weighted by Gasteiger charge is 2.19. The van der Waals surface area contributed by atoms with Gasteiger partial charge in [-0.15, -0.1) is 11.3 Å². The van der Waals surface area contributed by atoms with Gasteiger partial charge < -0.3 is 5.11 Å². The Bertz CT molecular complexity index is 484. The second kappa shape index (κ2) is 4.17. The van der Waals surface area contributed by atoms with Gasteiger partial charge >= 0.3 is 0 Å². The Morgan fingerprint density at radius 2 is 1.88 bits per heavy atom. The van der Waals surface area contributed by atoms with Crippen molar-refractivity contribution in [2.75, 3.05) is 0 Å². The van der Waals surface area contributed by atoms with Gasteiger partial charge in [-0.25, -0.2) is 4.98 Å². The normalized spacial score (nSPS) is 11.8. The molecule has 0 fully saturated rings. The summed E-state index contributed by atoms with van der Waals surface area (Å²) >= 11 is 7.34. The highest BCUT2D eigenvalue weighted by atomic mass is 35.5. The van der Waals surface area contributed by atoms with Gasteiger partial charge in [-0.3, -0.25) is 0 Å². The highest BCUT2D eigenvalue weighted by molar-refractivity contribution is 7.13.